The van der Waals surface area contributed by atoms with Crippen LogP contribution in [-0.2, 0) is 17.8 Å². The van der Waals surface area contributed by atoms with E-state index in [0.717, 1.165) is 51.9 Å². The number of guanidine groups is 1. The number of benzene rings is 1. The van der Waals surface area contributed by atoms with Gasteiger partial charge in [-0.2, -0.15) is 0 Å². The number of aliphatic imine (C=N–C) groups is 1. The predicted molar refractivity (Wildman–Crippen MR) is 131 cm³/mol. The van der Waals surface area contributed by atoms with Gasteiger partial charge in [-0.3, -0.25) is 9.80 Å². The average molecular weight is 515 g/mol. The minimum absolute atomic E-state index is 0. The Morgan fingerprint density at radius 2 is 1.69 bits per heavy atom. The molecule has 2 N–H and O–H groups in total. The van der Waals surface area contributed by atoms with E-state index in [2.05, 4.69) is 58.5 Å². The van der Waals surface area contributed by atoms with Gasteiger partial charge in [-0.25, -0.2) is 4.99 Å². The number of hydrogen-bond acceptors (Lipinski definition) is 4. The summed E-state index contributed by atoms with van der Waals surface area (Å²) in [5.74, 6) is 0.892. The van der Waals surface area contributed by atoms with E-state index in [9.17, 15) is 0 Å². The lowest BCUT2D eigenvalue weighted by atomic mass is 10.1. The highest BCUT2D eigenvalue weighted by molar-refractivity contribution is 14.0. The van der Waals surface area contributed by atoms with Gasteiger partial charge in [0.15, 0.2) is 5.96 Å². The van der Waals surface area contributed by atoms with Crippen LogP contribution in [0.3, 0.4) is 0 Å². The highest BCUT2D eigenvalue weighted by Gasteiger charge is 2.17. The van der Waals surface area contributed by atoms with Crippen LogP contribution in [0.4, 0.5) is 0 Å². The molecule has 2 aliphatic heterocycles. The number of morpholine rings is 1. The Kier molecular flexibility index (Phi) is 11.3. The molecule has 0 aliphatic carbocycles. The van der Waals surface area contributed by atoms with Gasteiger partial charge in [-0.1, -0.05) is 24.3 Å². The van der Waals surface area contributed by atoms with E-state index in [-0.39, 0.29) is 24.0 Å². The maximum Gasteiger partial charge on any atom is 0.191 e. The smallest absolute Gasteiger partial charge is 0.191 e. The van der Waals surface area contributed by atoms with Crippen molar-refractivity contribution in [2.45, 2.75) is 45.8 Å². The maximum absolute atomic E-state index is 5.45. The van der Waals surface area contributed by atoms with Crippen molar-refractivity contribution in [3.8, 4) is 0 Å². The second-order valence-corrected chi connectivity index (χ2v) is 7.87. The van der Waals surface area contributed by atoms with E-state index in [1.807, 2.05) is 0 Å². The number of rotatable bonds is 8. The summed E-state index contributed by atoms with van der Waals surface area (Å²) in [6.45, 7) is 14.1. The quantitative estimate of drug-likeness (QED) is 0.317. The Morgan fingerprint density at radius 1 is 1.03 bits per heavy atom. The highest BCUT2D eigenvalue weighted by atomic mass is 127. The lowest BCUT2D eigenvalue weighted by Gasteiger charge is -2.32. The standard InChI is InChI=1S/C22H37N5O.HI/c1-3-23-22(24-16-19(2)27-12-14-28-15-13-27)25-17-20-6-8-21(9-7-20)18-26-10-4-5-11-26;/h6-9,19H,3-5,10-18H2,1-2H3,(H2,23,24,25);1H. The second kappa shape index (κ2) is 13.4. The number of nitrogens with zero attached hydrogens (tertiary/aromatic N) is 3. The number of halogens is 1. The second-order valence-electron chi connectivity index (χ2n) is 7.87. The van der Waals surface area contributed by atoms with Crippen LogP contribution >= 0.6 is 24.0 Å². The molecule has 6 nitrogen and oxygen atoms in total. The van der Waals surface area contributed by atoms with Crippen LogP contribution in [0.2, 0.25) is 0 Å². The molecule has 0 radical (unpaired) electrons. The lowest BCUT2D eigenvalue weighted by molar-refractivity contribution is 0.0211. The van der Waals surface area contributed by atoms with E-state index in [4.69, 9.17) is 9.73 Å². The van der Waals surface area contributed by atoms with Crippen LogP contribution in [0.25, 0.3) is 0 Å². The molecule has 0 aromatic heterocycles. The molecule has 1 aromatic carbocycles. The van der Waals surface area contributed by atoms with Gasteiger partial charge in [0.25, 0.3) is 0 Å². The Morgan fingerprint density at radius 3 is 2.34 bits per heavy atom. The van der Waals surface area contributed by atoms with Crippen LogP contribution < -0.4 is 10.6 Å². The van der Waals surface area contributed by atoms with Crippen molar-refractivity contribution in [1.82, 2.24) is 20.4 Å². The number of hydrogen-bond donors (Lipinski definition) is 2. The van der Waals surface area contributed by atoms with Crippen molar-refractivity contribution in [2.75, 3.05) is 52.5 Å². The lowest BCUT2D eigenvalue weighted by Crippen LogP contribution is -2.49. The molecule has 0 bridgehead atoms. The normalized spacial score (nSPS) is 19.6. The largest absolute Gasteiger partial charge is 0.379 e. The van der Waals surface area contributed by atoms with E-state index in [1.54, 1.807) is 0 Å². The molecule has 29 heavy (non-hydrogen) atoms. The molecule has 0 saturated carbocycles. The molecule has 164 valence electrons. The monoisotopic (exact) mass is 515 g/mol. The topological polar surface area (TPSA) is 52.1 Å². The predicted octanol–water partition coefficient (Wildman–Crippen LogP) is 2.68. The fourth-order valence-corrected chi connectivity index (χ4v) is 3.85. The summed E-state index contributed by atoms with van der Waals surface area (Å²) in [5.41, 5.74) is 2.66. The van der Waals surface area contributed by atoms with Crippen molar-refractivity contribution < 1.29 is 4.74 Å². The average Bonchev–Trinajstić information content (AvgIpc) is 3.24. The SMILES string of the molecule is CCNC(=NCc1ccc(CN2CCCC2)cc1)NCC(C)N1CCOCC1.I. The molecule has 2 fully saturated rings. The molecule has 2 aliphatic rings. The van der Waals surface area contributed by atoms with Crippen LogP contribution in [0.1, 0.15) is 37.8 Å². The van der Waals surface area contributed by atoms with E-state index >= 15 is 0 Å². The molecular weight excluding hydrogens is 477 g/mol. The number of ether oxygens (including phenoxy) is 1. The number of nitrogens with one attached hydrogen (secondary N) is 2. The molecular formula is C22H38IN5O. The van der Waals surface area contributed by atoms with Gasteiger partial charge >= 0.3 is 0 Å². The summed E-state index contributed by atoms with van der Waals surface area (Å²) in [5, 5.41) is 6.86. The molecule has 1 unspecified atom stereocenters. The molecule has 2 saturated heterocycles. The molecule has 1 aromatic rings. The first-order valence-electron chi connectivity index (χ1n) is 10.9. The third kappa shape index (κ3) is 8.39. The summed E-state index contributed by atoms with van der Waals surface area (Å²) in [6, 6.07) is 9.41. The van der Waals surface area contributed by atoms with E-state index in [0.29, 0.717) is 12.6 Å². The third-order valence-corrected chi connectivity index (χ3v) is 5.63. The Hall–Kier alpha value is -0.900. The van der Waals surface area contributed by atoms with Gasteiger partial charge in [-0.15, -0.1) is 24.0 Å². The molecule has 7 heteroatoms. The van der Waals surface area contributed by atoms with Crippen LogP contribution in [0, 0.1) is 0 Å². The molecule has 0 amide bonds. The first kappa shape index (κ1) is 24.4. The summed E-state index contributed by atoms with van der Waals surface area (Å²) in [6.07, 6.45) is 2.69. The maximum atomic E-state index is 5.45. The van der Waals surface area contributed by atoms with Gasteiger partial charge in [-0.05, 0) is 50.9 Å². The van der Waals surface area contributed by atoms with E-state index < -0.39 is 0 Å². The van der Waals surface area contributed by atoms with Crippen LogP contribution in [0.15, 0.2) is 29.3 Å². The Bertz CT molecular complexity index is 598. The van der Waals surface area contributed by atoms with Crippen molar-refractivity contribution in [3.05, 3.63) is 35.4 Å². The summed E-state index contributed by atoms with van der Waals surface area (Å²) in [4.78, 5) is 9.78. The summed E-state index contributed by atoms with van der Waals surface area (Å²) < 4.78 is 5.45. The number of likely N-dealkylation sites (tertiary alicyclic amines) is 1. The molecule has 1 atom stereocenters. The van der Waals surface area contributed by atoms with Crippen LogP contribution in [-0.4, -0.2) is 74.3 Å². The van der Waals surface area contributed by atoms with Crippen LogP contribution in [0.5, 0.6) is 0 Å². The Balaban J connectivity index is 0.00000300. The van der Waals surface area contributed by atoms with Gasteiger partial charge in [0.05, 0.1) is 19.8 Å². The molecule has 3 rings (SSSR count). The van der Waals surface area contributed by atoms with Crippen molar-refractivity contribution in [1.29, 1.82) is 0 Å². The zero-order valence-corrected chi connectivity index (χ0v) is 20.4. The zero-order valence-electron chi connectivity index (χ0n) is 18.0. The van der Waals surface area contributed by atoms with Gasteiger partial charge in [0.2, 0.25) is 0 Å². The Labute approximate surface area is 193 Å². The minimum Gasteiger partial charge on any atom is -0.379 e. The zero-order chi connectivity index (χ0) is 19.6. The summed E-state index contributed by atoms with van der Waals surface area (Å²) in [7, 11) is 0. The van der Waals surface area contributed by atoms with Gasteiger partial charge < -0.3 is 15.4 Å². The summed E-state index contributed by atoms with van der Waals surface area (Å²) >= 11 is 0. The van der Waals surface area contributed by atoms with Crippen molar-refractivity contribution in [2.24, 2.45) is 4.99 Å². The molecule has 2 heterocycles. The fourth-order valence-electron chi connectivity index (χ4n) is 3.85. The highest BCUT2D eigenvalue weighted by Crippen LogP contribution is 2.13. The van der Waals surface area contributed by atoms with E-state index in [1.165, 1.54) is 37.1 Å². The first-order chi connectivity index (χ1) is 13.7. The fraction of sp³-hybridized carbons (Fsp3) is 0.682. The third-order valence-electron chi connectivity index (χ3n) is 5.63. The van der Waals surface area contributed by atoms with Gasteiger partial charge in [0, 0.05) is 38.8 Å². The van der Waals surface area contributed by atoms with Crippen molar-refractivity contribution >= 4 is 29.9 Å². The first-order valence-corrected chi connectivity index (χ1v) is 10.9. The minimum atomic E-state index is 0. The van der Waals surface area contributed by atoms with Gasteiger partial charge in [0.1, 0.15) is 0 Å². The molecule has 0 spiro atoms. The van der Waals surface area contributed by atoms with Crippen molar-refractivity contribution in [3.63, 3.8) is 0 Å².